The average Bonchev–Trinajstić information content (AvgIpc) is 3.10. The van der Waals surface area contributed by atoms with Gasteiger partial charge in [-0.05, 0) is 35.9 Å². The lowest BCUT2D eigenvalue weighted by Gasteiger charge is -2.18. The smallest absolute Gasteiger partial charge is 0.157 e. The fraction of sp³-hybridized carbons (Fsp3) is 0.105. The Balaban J connectivity index is 1.83. The highest BCUT2D eigenvalue weighted by atomic mass is 35.5. The number of aromatic nitrogens is 2. The maximum atomic E-state index is 6.22. The molecule has 6 heteroatoms. The summed E-state index contributed by atoms with van der Waals surface area (Å²) in [6, 6.07) is 12.9. The van der Waals surface area contributed by atoms with Crippen molar-refractivity contribution in [1.29, 1.82) is 0 Å². The second-order valence-corrected chi connectivity index (χ2v) is 6.63. The summed E-state index contributed by atoms with van der Waals surface area (Å²) in [6.45, 7) is 0.575. The maximum absolute atomic E-state index is 6.22. The van der Waals surface area contributed by atoms with Gasteiger partial charge in [-0.15, -0.1) is 0 Å². The van der Waals surface area contributed by atoms with Crippen molar-refractivity contribution in [3.8, 4) is 5.75 Å². The molecule has 25 heavy (non-hydrogen) atoms. The fourth-order valence-corrected chi connectivity index (χ4v) is 2.89. The van der Waals surface area contributed by atoms with Crippen LogP contribution in [0.5, 0.6) is 5.75 Å². The van der Waals surface area contributed by atoms with Gasteiger partial charge in [-0.1, -0.05) is 59.1 Å². The first kappa shape index (κ1) is 17.9. The molecule has 3 rings (SSSR count). The highest BCUT2D eigenvalue weighted by Crippen LogP contribution is 2.33. The van der Waals surface area contributed by atoms with Crippen LogP contribution in [0.25, 0.3) is 6.08 Å². The van der Waals surface area contributed by atoms with Crippen LogP contribution in [0.4, 0.5) is 0 Å². The van der Waals surface area contributed by atoms with E-state index in [9.17, 15) is 0 Å². The summed E-state index contributed by atoms with van der Waals surface area (Å²) >= 11 is 18.4. The molecule has 0 saturated heterocycles. The van der Waals surface area contributed by atoms with Crippen molar-refractivity contribution in [2.45, 2.75) is 12.6 Å². The standard InChI is InChI=1S/C19H15Cl3N2O/c20-15-7-4-14(5-8-15)6-9-16(12-24-11-10-23-13-24)25-19-17(21)2-1-3-18(19)22/h1-11,13,16H,12H2/b9-6+. The van der Waals surface area contributed by atoms with E-state index in [1.165, 1.54) is 0 Å². The van der Waals surface area contributed by atoms with E-state index < -0.39 is 0 Å². The number of hydrogen-bond donors (Lipinski definition) is 0. The normalized spacial score (nSPS) is 12.4. The third-order valence-corrected chi connectivity index (χ3v) is 4.36. The van der Waals surface area contributed by atoms with Crippen LogP contribution in [-0.2, 0) is 6.54 Å². The number of ether oxygens (including phenoxy) is 1. The van der Waals surface area contributed by atoms with Gasteiger partial charge in [-0.25, -0.2) is 4.98 Å². The summed E-state index contributed by atoms with van der Waals surface area (Å²) < 4.78 is 8.00. The lowest BCUT2D eigenvalue weighted by atomic mass is 10.2. The number of nitrogens with zero attached hydrogens (tertiary/aromatic N) is 2. The third kappa shape index (κ3) is 5.02. The zero-order chi connectivity index (χ0) is 17.6. The van der Waals surface area contributed by atoms with Crippen LogP contribution in [0.2, 0.25) is 15.1 Å². The average molecular weight is 394 g/mol. The molecule has 0 bridgehead atoms. The van der Waals surface area contributed by atoms with Gasteiger partial charge in [0.15, 0.2) is 5.75 Å². The van der Waals surface area contributed by atoms with Crippen molar-refractivity contribution in [3.05, 3.63) is 87.9 Å². The zero-order valence-electron chi connectivity index (χ0n) is 13.1. The molecular weight excluding hydrogens is 379 g/mol. The number of hydrogen-bond acceptors (Lipinski definition) is 2. The van der Waals surface area contributed by atoms with Crippen LogP contribution in [0, 0.1) is 0 Å². The summed E-state index contributed by atoms with van der Waals surface area (Å²) in [5.41, 5.74) is 1.02. The highest BCUT2D eigenvalue weighted by molar-refractivity contribution is 6.37. The van der Waals surface area contributed by atoms with Gasteiger partial charge in [0, 0.05) is 17.4 Å². The first-order chi connectivity index (χ1) is 12.1. The quantitative estimate of drug-likeness (QED) is 0.513. The van der Waals surface area contributed by atoms with Crippen LogP contribution in [-0.4, -0.2) is 15.7 Å². The molecule has 1 heterocycles. The van der Waals surface area contributed by atoms with Gasteiger partial charge in [0.25, 0.3) is 0 Å². The Morgan fingerprint density at radius 2 is 1.76 bits per heavy atom. The first-order valence-electron chi connectivity index (χ1n) is 7.62. The van der Waals surface area contributed by atoms with E-state index in [0.29, 0.717) is 27.4 Å². The van der Waals surface area contributed by atoms with Crippen LogP contribution >= 0.6 is 34.8 Å². The molecule has 128 valence electrons. The fourth-order valence-electron chi connectivity index (χ4n) is 2.28. The Morgan fingerprint density at radius 3 is 2.40 bits per heavy atom. The number of halogens is 3. The predicted octanol–water partition coefficient (Wildman–Crippen LogP) is 6.00. The molecule has 3 nitrogen and oxygen atoms in total. The molecule has 0 amide bonds. The van der Waals surface area contributed by atoms with E-state index in [0.717, 1.165) is 5.56 Å². The van der Waals surface area contributed by atoms with Crippen molar-refractivity contribution < 1.29 is 4.74 Å². The molecule has 1 unspecified atom stereocenters. The lowest BCUT2D eigenvalue weighted by Crippen LogP contribution is -2.20. The zero-order valence-corrected chi connectivity index (χ0v) is 15.4. The second-order valence-electron chi connectivity index (χ2n) is 5.38. The molecule has 0 aliphatic heterocycles. The number of rotatable bonds is 6. The van der Waals surface area contributed by atoms with Gasteiger partial charge >= 0.3 is 0 Å². The minimum atomic E-state index is -0.276. The minimum absolute atomic E-state index is 0.276. The highest BCUT2D eigenvalue weighted by Gasteiger charge is 2.13. The van der Waals surface area contributed by atoms with Crippen molar-refractivity contribution in [2.75, 3.05) is 0 Å². The predicted molar refractivity (Wildman–Crippen MR) is 104 cm³/mol. The summed E-state index contributed by atoms with van der Waals surface area (Å²) in [7, 11) is 0. The summed E-state index contributed by atoms with van der Waals surface area (Å²) in [5, 5.41) is 1.65. The molecule has 0 aliphatic carbocycles. The SMILES string of the molecule is Clc1ccc(/C=C/C(Cn2ccnc2)Oc2c(Cl)cccc2Cl)cc1. The van der Waals surface area contributed by atoms with Crippen molar-refractivity contribution in [3.63, 3.8) is 0 Å². The van der Waals surface area contributed by atoms with Crippen molar-refractivity contribution in [1.82, 2.24) is 9.55 Å². The van der Waals surface area contributed by atoms with Crippen molar-refractivity contribution >= 4 is 40.9 Å². The molecule has 0 saturated carbocycles. The Hall–Kier alpha value is -1.94. The number of para-hydroxylation sites is 1. The molecular formula is C19H15Cl3N2O. The molecule has 0 spiro atoms. The van der Waals surface area contributed by atoms with Gasteiger partial charge in [0.05, 0.1) is 22.9 Å². The molecule has 3 aromatic rings. The van der Waals surface area contributed by atoms with Gasteiger partial charge in [0.1, 0.15) is 6.10 Å². The Labute approximate surface area is 161 Å². The van der Waals surface area contributed by atoms with Crippen LogP contribution < -0.4 is 4.74 Å². The molecule has 2 aromatic carbocycles. The molecule has 0 radical (unpaired) electrons. The summed E-state index contributed by atoms with van der Waals surface area (Å²) in [4.78, 5) is 4.06. The monoisotopic (exact) mass is 392 g/mol. The molecule has 0 aliphatic rings. The number of benzene rings is 2. The maximum Gasteiger partial charge on any atom is 0.157 e. The second kappa shape index (κ2) is 8.43. The number of imidazole rings is 1. The molecule has 0 N–H and O–H groups in total. The van der Waals surface area contributed by atoms with E-state index in [-0.39, 0.29) is 6.10 Å². The summed E-state index contributed by atoms with van der Waals surface area (Å²) in [6.07, 6.45) is 9.00. The topological polar surface area (TPSA) is 27.1 Å². The largest absolute Gasteiger partial charge is 0.481 e. The van der Waals surface area contributed by atoms with E-state index in [2.05, 4.69) is 4.98 Å². The van der Waals surface area contributed by atoms with E-state index in [1.54, 1.807) is 30.7 Å². The van der Waals surface area contributed by atoms with E-state index in [1.807, 2.05) is 47.2 Å². The summed E-state index contributed by atoms with van der Waals surface area (Å²) in [5.74, 6) is 0.469. The van der Waals surface area contributed by atoms with Crippen LogP contribution in [0.1, 0.15) is 5.56 Å². The van der Waals surface area contributed by atoms with Gasteiger partial charge in [0.2, 0.25) is 0 Å². The van der Waals surface area contributed by atoms with Gasteiger partial charge in [-0.2, -0.15) is 0 Å². The molecule has 1 atom stereocenters. The molecule has 0 fully saturated rings. The van der Waals surface area contributed by atoms with E-state index >= 15 is 0 Å². The Morgan fingerprint density at radius 1 is 1.04 bits per heavy atom. The Bertz CT molecular complexity index is 825. The Kier molecular flexibility index (Phi) is 6.03. The van der Waals surface area contributed by atoms with E-state index in [4.69, 9.17) is 39.5 Å². The third-order valence-electron chi connectivity index (χ3n) is 3.51. The molecule has 1 aromatic heterocycles. The van der Waals surface area contributed by atoms with Gasteiger partial charge in [-0.3, -0.25) is 0 Å². The lowest BCUT2D eigenvalue weighted by molar-refractivity contribution is 0.228. The first-order valence-corrected chi connectivity index (χ1v) is 8.75. The minimum Gasteiger partial charge on any atom is -0.481 e. The van der Waals surface area contributed by atoms with Crippen molar-refractivity contribution in [2.24, 2.45) is 0 Å². The van der Waals surface area contributed by atoms with Gasteiger partial charge < -0.3 is 9.30 Å². The van der Waals surface area contributed by atoms with Crippen LogP contribution in [0.15, 0.2) is 67.3 Å². The van der Waals surface area contributed by atoms with Crippen LogP contribution in [0.3, 0.4) is 0 Å².